The summed E-state index contributed by atoms with van der Waals surface area (Å²) < 4.78 is 91.0. The summed E-state index contributed by atoms with van der Waals surface area (Å²) >= 11 is 0. The largest absolute Gasteiger partial charge is 1.00 e. The van der Waals surface area contributed by atoms with E-state index in [-0.39, 0.29) is 53.7 Å². The van der Waals surface area contributed by atoms with Crippen LogP contribution in [0.1, 0.15) is 20.7 Å². The van der Waals surface area contributed by atoms with Crippen LogP contribution >= 0.6 is 0 Å². The van der Waals surface area contributed by atoms with Crippen molar-refractivity contribution in [2.75, 3.05) is 10.6 Å². The summed E-state index contributed by atoms with van der Waals surface area (Å²) in [6.45, 7) is 3.20. The van der Waals surface area contributed by atoms with Crippen molar-refractivity contribution in [2.45, 2.75) is 14.7 Å². The van der Waals surface area contributed by atoms with Gasteiger partial charge in [-0.15, -0.1) is 0 Å². The van der Waals surface area contributed by atoms with E-state index in [2.05, 4.69) is 6.58 Å². The van der Waals surface area contributed by atoms with Crippen LogP contribution in [0.25, 0.3) is 10.8 Å². The molecule has 12 nitrogen and oxygen atoms in total. The van der Waals surface area contributed by atoms with Gasteiger partial charge in [0.25, 0.3) is 32.1 Å². The van der Waals surface area contributed by atoms with Gasteiger partial charge in [-0.2, -0.15) is 16.8 Å². The number of carbonyl (C=O) groups is 2. The fraction of sp³-hybridized carbons (Fsp3) is 0. The molecule has 1 heterocycles. The van der Waals surface area contributed by atoms with Gasteiger partial charge in [-0.1, -0.05) is 12.6 Å². The monoisotopic (exact) mass is 552 g/mol. The van der Waals surface area contributed by atoms with Crippen LogP contribution in [0.2, 0.25) is 0 Å². The van der Waals surface area contributed by atoms with Gasteiger partial charge in [-0.25, -0.2) is 13.3 Å². The van der Waals surface area contributed by atoms with E-state index in [4.69, 9.17) is 5.73 Å². The van der Waals surface area contributed by atoms with Crippen molar-refractivity contribution in [1.82, 2.24) is 0 Å². The van der Waals surface area contributed by atoms with Gasteiger partial charge in [-0.3, -0.25) is 18.7 Å². The molecule has 1 aliphatic heterocycles. The molecular weight excluding hydrogens is 538 g/mol. The SMILES string of the molecule is C=CS(=O)(=O)c1cccc(N2C(=O)c3cc(S(=O)(=O)O)cc4c(N)c(S(=O)(=O)O)cc(c34)C2=O)c1.[Li+].[Li+]. The molecule has 0 atom stereocenters. The average Bonchev–Trinajstić information content (AvgIpc) is 2.77. The Labute approximate surface area is 235 Å². The first-order chi connectivity index (χ1) is 16.1. The van der Waals surface area contributed by atoms with Crippen LogP contribution in [0.15, 0.2) is 69.1 Å². The molecule has 0 unspecified atom stereocenters. The van der Waals surface area contributed by atoms with E-state index in [9.17, 15) is 43.9 Å². The zero-order chi connectivity index (χ0) is 26.1. The fourth-order valence-electron chi connectivity index (χ4n) is 3.70. The van der Waals surface area contributed by atoms with Crippen LogP contribution < -0.4 is 48.4 Å². The summed E-state index contributed by atoms with van der Waals surface area (Å²) in [5, 5.41) is 0.0367. The Morgan fingerprint density at radius 3 is 1.89 bits per heavy atom. The van der Waals surface area contributed by atoms with E-state index < -0.39 is 73.9 Å². The van der Waals surface area contributed by atoms with Crippen molar-refractivity contribution >= 4 is 64.0 Å². The van der Waals surface area contributed by atoms with Crippen molar-refractivity contribution < 1.29 is 81.7 Å². The predicted octanol–water partition coefficient (Wildman–Crippen LogP) is -4.36. The molecule has 0 radical (unpaired) electrons. The average molecular weight is 552 g/mol. The van der Waals surface area contributed by atoms with E-state index in [1.54, 1.807) is 0 Å². The van der Waals surface area contributed by atoms with Gasteiger partial charge < -0.3 is 5.73 Å². The first-order valence-corrected chi connectivity index (χ1v) is 13.7. The number of anilines is 2. The number of rotatable bonds is 5. The molecule has 0 spiro atoms. The Balaban J connectivity index is 0.00000241. The van der Waals surface area contributed by atoms with Crippen molar-refractivity contribution in [3.63, 3.8) is 0 Å². The topological polar surface area (TPSA) is 206 Å². The van der Waals surface area contributed by atoms with Crippen molar-refractivity contribution in [3.05, 3.63) is 65.6 Å². The minimum Gasteiger partial charge on any atom is -0.397 e. The minimum absolute atomic E-state index is 0. The molecule has 182 valence electrons. The summed E-state index contributed by atoms with van der Waals surface area (Å²) in [5.74, 6) is -2.21. The van der Waals surface area contributed by atoms with Gasteiger partial charge >= 0.3 is 37.7 Å². The molecule has 3 aromatic carbocycles. The second kappa shape index (κ2) is 10.0. The standard InChI is InChI=1S/C20H14N2O10S3.2Li/c1-2-33(25,26)11-5-3-4-10(6-11)22-19(23)14-8-12(34(27,28)29)7-13-17(14)15(20(22)24)9-16(18(13)21)35(30,31)32;;/h2-9H,1,21H2,(H,27,28,29)(H,30,31,32);;/q;2*+1. The molecule has 0 bridgehead atoms. The Bertz CT molecular complexity index is 1820. The third-order valence-electron chi connectivity index (χ3n) is 5.28. The van der Waals surface area contributed by atoms with E-state index in [0.717, 1.165) is 24.3 Å². The molecular formula is C20H14Li2N2O10S3+2. The third-order valence-corrected chi connectivity index (χ3v) is 8.35. The first-order valence-electron chi connectivity index (χ1n) is 9.29. The van der Waals surface area contributed by atoms with Crippen molar-refractivity contribution in [3.8, 4) is 0 Å². The number of sulfone groups is 1. The zero-order valence-electron chi connectivity index (χ0n) is 19.2. The number of nitrogens with two attached hydrogens (primary N) is 1. The Morgan fingerprint density at radius 1 is 0.811 bits per heavy atom. The van der Waals surface area contributed by atoms with Gasteiger partial charge in [0.2, 0.25) is 0 Å². The molecule has 3 aromatic rings. The number of amides is 2. The second-order valence-electron chi connectivity index (χ2n) is 7.33. The molecule has 0 saturated heterocycles. The molecule has 0 aromatic heterocycles. The van der Waals surface area contributed by atoms with Gasteiger partial charge in [0.1, 0.15) is 4.90 Å². The second-order valence-corrected chi connectivity index (χ2v) is 12.0. The number of hydrogen-bond donors (Lipinski definition) is 3. The molecule has 1 aliphatic rings. The number of benzene rings is 3. The fourth-order valence-corrected chi connectivity index (χ4v) is 5.63. The van der Waals surface area contributed by atoms with Gasteiger partial charge in [0.15, 0.2) is 9.84 Å². The molecule has 4 rings (SSSR count). The molecule has 0 fully saturated rings. The molecule has 17 heteroatoms. The summed E-state index contributed by atoms with van der Waals surface area (Å²) in [5.41, 5.74) is 4.02. The number of nitrogen functional groups attached to an aromatic ring is 1. The van der Waals surface area contributed by atoms with Gasteiger partial charge in [-0.05, 0) is 36.4 Å². The predicted molar refractivity (Wildman–Crippen MR) is 123 cm³/mol. The normalized spacial score (nSPS) is 13.6. The van der Waals surface area contributed by atoms with Crippen LogP contribution in [0, 0.1) is 0 Å². The number of carbonyl (C=O) groups excluding carboxylic acids is 2. The van der Waals surface area contributed by atoms with Gasteiger partial charge in [0, 0.05) is 16.2 Å². The molecule has 37 heavy (non-hydrogen) atoms. The molecule has 0 saturated carbocycles. The van der Waals surface area contributed by atoms with Gasteiger partial charge in [0.05, 0.1) is 32.3 Å². The van der Waals surface area contributed by atoms with Crippen LogP contribution in [0.5, 0.6) is 0 Å². The summed E-state index contributed by atoms with van der Waals surface area (Å²) in [6.07, 6.45) is 0. The number of nitrogens with zero attached hydrogens (tertiary/aromatic N) is 1. The van der Waals surface area contributed by atoms with Crippen LogP contribution in [0.4, 0.5) is 11.4 Å². The van der Waals surface area contributed by atoms with E-state index >= 15 is 0 Å². The smallest absolute Gasteiger partial charge is 0.397 e. The molecule has 4 N–H and O–H groups in total. The Hall–Kier alpha value is -2.44. The summed E-state index contributed by atoms with van der Waals surface area (Å²) in [4.78, 5) is 25.1. The maximum absolute atomic E-state index is 13.4. The quantitative estimate of drug-likeness (QED) is 0.119. The summed E-state index contributed by atoms with van der Waals surface area (Å²) in [7, 11) is -13.9. The van der Waals surface area contributed by atoms with E-state index in [1.807, 2.05) is 0 Å². The number of imide groups is 1. The molecule has 0 aliphatic carbocycles. The minimum atomic E-state index is -5.03. The summed E-state index contributed by atoms with van der Waals surface area (Å²) in [6, 6.07) is 6.86. The van der Waals surface area contributed by atoms with E-state index in [1.165, 1.54) is 18.2 Å². The third kappa shape index (κ3) is 5.15. The Kier molecular flexibility index (Phi) is 8.35. The van der Waals surface area contributed by atoms with Crippen molar-refractivity contribution in [1.29, 1.82) is 0 Å². The number of hydrogen-bond acceptors (Lipinski definition) is 9. The van der Waals surface area contributed by atoms with Crippen LogP contribution in [0.3, 0.4) is 0 Å². The maximum Gasteiger partial charge on any atom is 1.00 e. The van der Waals surface area contributed by atoms with Crippen molar-refractivity contribution in [2.24, 2.45) is 0 Å². The molecule has 2 amide bonds. The van der Waals surface area contributed by atoms with Crippen LogP contribution in [-0.4, -0.2) is 46.2 Å². The van der Waals surface area contributed by atoms with Crippen LogP contribution in [-0.2, 0) is 30.1 Å². The first kappa shape index (κ1) is 30.8. The maximum atomic E-state index is 13.4. The van der Waals surface area contributed by atoms with E-state index in [0.29, 0.717) is 10.3 Å². The Morgan fingerprint density at radius 2 is 1.38 bits per heavy atom. The zero-order valence-corrected chi connectivity index (χ0v) is 21.7.